The fourth-order valence-electron chi connectivity index (χ4n) is 2.83. The van der Waals surface area contributed by atoms with Crippen molar-refractivity contribution >= 4 is 28.3 Å². The van der Waals surface area contributed by atoms with Gasteiger partial charge >= 0.3 is 0 Å². The Morgan fingerprint density at radius 1 is 0.720 bits per heavy atom. The molecule has 3 heteroatoms. The molecule has 0 atom stereocenters. The molecule has 2 nitrogen and oxygen atoms in total. The molecule has 0 radical (unpaired) electrons. The van der Waals surface area contributed by atoms with Gasteiger partial charge in [-0.1, -0.05) is 96.4 Å². The van der Waals surface area contributed by atoms with E-state index in [4.69, 9.17) is 9.78 Å². The first-order chi connectivity index (χ1) is 12.4. The van der Waals surface area contributed by atoms with Gasteiger partial charge in [-0.25, -0.2) is 0 Å². The predicted octanol–water partition coefficient (Wildman–Crippen LogP) is 3.86. The van der Waals surface area contributed by atoms with Gasteiger partial charge in [0, 0.05) is 6.89 Å². The third-order valence-corrected chi connectivity index (χ3v) is 7.62. The van der Waals surface area contributed by atoms with Crippen LogP contribution < -0.4 is 15.9 Å². The molecule has 0 aliphatic rings. The van der Waals surface area contributed by atoms with E-state index in [1.165, 1.54) is 15.9 Å². The quantitative estimate of drug-likeness (QED) is 0.221. The van der Waals surface area contributed by atoms with Gasteiger partial charge in [0.2, 0.25) is 0 Å². The van der Waals surface area contributed by atoms with Crippen LogP contribution in [0.3, 0.4) is 0 Å². The molecule has 25 heavy (non-hydrogen) atoms. The monoisotopic (exact) mass is 348 g/mol. The summed E-state index contributed by atoms with van der Waals surface area (Å²) < 4.78 is 0. The summed E-state index contributed by atoms with van der Waals surface area (Å²) in [4.78, 5) is 10.2. The maximum absolute atomic E-state index is 5.19. The second-order valence-electron chi connectivity index (χ2n) is 5.43. The van der Waals surface area contributed by atoms with Gasteiger partial charge in [-0.3, -0.25) is 0 Å². The number of rotatable bonds is 6. The minimum absolute atomic E-state index is 0.492. The largest absolute Gasteiger partial charge is 0.337 e. The fraction of sp³-hybridized carbons (Fsp3) is 0.0909. The Labute approximate surface area is 149 Å². The summed E-state index contributed by atoms with van der Waals surface area (Å²) in [5.74, 6) is 0. The molecule has 126 valence electrons. The molecule has 0 amide bonds. The first kappa shape index (κ1) is 17.3. The van der Waals surface area contributed by atoms with Gasteiger partial charge in [-0.15, -0.1) is 0 Å². The molecule has 0 aliphatic heterocycles. The van der Waals surface area contributed by atoms with Crippen LogP contribution in [-0.2, 0) is 9.78 Å². The third-order valence-electron chi connectivity index (χ3n) is 3.91. The van der Waals surface area contributed by atoms with Crippen molar-refractivity contribution in [2.75, 3.05) is 6.61 Å². The average molecular weight is 348 g/mol. The van der Waals surface area contributed by atoms with Gasteiger partial charge in [0.1, 0.15) is 0 Å². The fourth-order valence-corrected chi connectivity index (χ4v) is 6.23. The van der Waals surface area contributed by atoms with Crippen molar-refractivity contribution in [3.8, 4) is 0 Å². The number of hydrogen-bond donors (Lipinski definition) is 0. The molecule has 3 aromatic rings. The topological polar surface area (TPSA) is 18.5 Å². The maximum atomic E-state index is 5.19. The van der Waals surface area contributed by atoms with Gasteiger partial charge in [0.15, 0.2) is 6.26 Å². The van der Waals surface area contributed by atoms with E-state index in [1.807, 2.05) is 25.1 Å². The summed E-state index contributed by atoms with van der Waals surface area (Å²) >= 11 is 0. The van der Waals surface area contributed by atoms with E-state index in [0.717, 1.165) is 0 Å². The zero-order valence-electron chi connectivity index (χ0n) is 14.2. The van der Waals surface area contributed by atoms with Crippen molar-refractivity contribution < 1.29 is 9.78 Å². The SMILES string of the molecule is CCOOC=C=P(c1ccccc1)(c1ccccc1)c1ccccc1. The summed E-state index contributed by atoms with van der Waals surface area (Å²) in [6, 6.07) is 31.5. The smallest absolute Gasteiger partial charge is 0.172 e. The van der Waals surface area contributed by atoms with E-state index in [-0.39, 0.29) is 0 Å². The number of hydrogen-bond acceptors (Lipinski definition) is 2. The van der Waals surface area contributed by atoms with Crippen molar-refractivity contribution in [2.24, 2.45) is 0 Å². The number of benzene rings is 3. The Morgan fingerprint density at radius 2 is 1.12 bits per heavy atom. The van der Waals surface area contributed by atoms with Crippen molar-refractivity contribution in [1.29, 1.82) is 0 Å². The highest BCUT2D eigenvalue weighted by Gasteiger charge is 2.24. The second kappa shape index (κ2) is 8.55. The summed E-state index contributed by atoms with van der Waals surface area (Å²) in [7, 11) is 0. The van der Waals surface area contributed by atoms with Gasteiger partial charge < -0.3 is 4.89 Å². The third kappa shape index (κ3) is 3.78. The van der Waals surface area contributed by atoms with E-state index >= 15 is 0 Å². The van der Waals surface area contributed by atoms with Crippen LogP contribution in [0, 0.1) is 0 Å². The van der Waals surface area contributed by atoms with E-state index < -0.39 is 6.89 Å². The summed E-state index contributed by atoms with van der Waals surface area (Å²) in [6.07, 6.45) is 1.56. The van der Waals surface area contributed by atoms with Crippen LogP contribution in [0.5, 0.6) is 0 Å². The molecule has 3 rings (SSSR count). The molecule has 0 saturated heterocycles. The van der Waals surface area contributed by atoms with Crippen LogP contribution in [0.2, 0.25) is 0 Å². The molecule has 0 N–H and O–H groups in total. The highest BCUT2D eigenvalue weighted by atomic mass is 31.2. The zero-order chi connectivity index (χ0) is 17.4. The highest BCUT2D eigenvalue weighted by molar-refractivity contribution is 7.94. The van der Waals surface area contributed by atoms with Crippen LogP contribution in [0.4, 0.5) is 0 Å². The zero-order valence-corrected chi connectivity index (χ0v) is 15.1. The van der Waals surface area contributed by atoms with Crippen LogP contribution in [-0.4, -0.2) is 12.1 Å². The van der Waals surface area contributed by atoms with Crippen LogP contribution in [0.25, 0.3) is 0 Å². The molecule has 0 fully saturated rings. The lowest BCUT2D eigenvalue weighted by Gasteiger charge is -2.25. The lowest BCUT2D eigenvalue weighted by molar-refractivity contribution is -0.243. The molecule has 0 saturated carbocycles. The average Bonchev–Trinajstić information content (AvgIpc) is 2.70. The second-order valence-corrected chi connectivity index (χ2v) is 8.58. The van der Waals surface area contributed by atoms with Gasteiger partial charge in [-0.2, -0.15) is 4.89 Å². The van der Waals surface area contributed by atoms with E-state index in [2.05, 4.69) is 78.2 Å². The van der Waals surface area contributed by atoms with E-state index in [0.29, 0.717) is 6.61 Å². The van der Waals surface area contributed by atoms with Crippen molar-refractivity contribution in [3.05, 3.63) is 97.3 Å². The van der Waals surface area contributed by atoms with Crippen LogP contribution >= 0.6 is 6.89 Å². The first-order valence-corrected chi connectivity index (χ1v) is 10.1. The van der Waals surface area contributed by atoms with Crippen molar-refractivity contribution in [2.45, 2.75) is 6.92 Å². The normalized spacial score (nSPS) is 10.8. The first-order valence-electron chi connectivity index (χ1n) is 8.31. The van der Waals surface area contributed by atoms with Crippen molar-refractivity contribution in [1.82, 2.24) is 0 Å². The van der Waals surface area contributed by atoms with Gasteiger partial charge in [-0.05, 0) is 22.8 Å². The molecule has 0 bridgehead atoms. The molecule has 0 unspecified atom stereocenters. The molecule has 3 aromatic carbocycles. The van der Waals surface area contributed by atoms with E-state index in [1.54, 1.807) is 6.26 Å². The maximum Gasteiger partial charge on any atom is 0.172 e. The Bertz CT molecular complexity index is 764. The molecule has 0 aliphatic carbocycles. The standard InChI is InChI=1S/C22H21O2P/c1-2-23-24-18-19-25(20-12-6-3-7-13-20,21-14-8-4-9-15-21)22-16-10-5-11-17-22/h3-18H,2H2,1H3. The minimum atomic E-state index is -2.10. The Balaban J connectivity index is 2.34. The summed E-state index contributed by atoms with van der Waals surface area (Å²) in [5, 5.41) is 3.68. The Morgan fingerprint density at radius 3 is 1.48 bits per heavy atom. The molecule has 0 heterocycles. The lowest BCUT2D eigenvalue weighted by Crippen LogP contribution is -2.25. The molecule has 0 spiro atoms. The van der Waals surface area contributed by atoms with Gasteiger partial charge in [0.05, 0.1) is 6.61 Å². The Hall–Kier alpha value is -2.50. The summed E-state index contributed by atoms with van der Waals surface area (Å²) in [5.41, 5.74) is 3.56. The van der Waals surface area contributed by atoms with Gasteiger partial charge in [0.25, 0.3) is 0 Å². The Kier molecular flexibility index (Phi) is 5.93. The predicted molar refractivity (Wildman–Crippen MR) is 107 cm³/mol. The van der Waals surface area contributed by atoms with E-state index in [9.17, 15) is 0 Å². The molecule has 0 aromatic heterocycles. The molecular weight excluding hydrogens is 327 g/mol. The van der Waals surface area contributed by atoms with Crippen LogP contribution in [0.1, 0.15) is 6.92 Å². The van der Waals surface area contributed by atoms with Crippen molar-refractivity contribution in [3.63, 3.8) is 0 Å². The highest BCUT2D eigenvalue weighted by Crippen LogP contribution is 2.42. The summed E-state index contributed by atoms with van der Waals surface area (Å²) in [6.45, 7) is 0.278. The molecular formula is C22H21O2P. The lowest BCUT2D eigenvalue weighted by atomic mass is 10.4. The van der Waals surface area contributed by atoms with Crippen LogP contribution in [0.15, 0.2) is 97.3 Å². The minimum Gasteiger partial charge on any atom is -0.337 e.